The molecule has 4 atom stereocenters. The number of hydrogen-bond donors (Lipinski definition) is 1. The molecule has 202 valence electrons. The van der Waals surface area contributed by atoms with Crippen LogP contribution < -0.4 is 14.8 Å². The van der Waals surface area contributed by atoms with Crippen LogP contribution in [0.5, 0.6) is 11.5 Å². The van der Waals surface area contributed by atoms with E-state index >= 15 is 0 Å². The number of anilines is 1. The number of rotatable bonds is 7. The molecule has 0 aromatic heterocycles. The van der Waals surface area contributed by atoms with Crippen LogP contribution in [-0.2, 0) is 16.9 Å². The molecule has 3 heterocycles. The van der Waals surface area contributed by atoms with Crippen LogP contribution in [-0.4, -0.2) is 41.0 Å². The Balaban J connectivity index is 1.45. The molecule has 0 bridgehead atoms. The average molecular weight is 596 g/mol. The zero-order chi connectivity index (χ0) is 27.3. The van der Waals surface area contributed by atoms with Gasteiger partial charge in [-0.15, -0.1) is 0 Å². The summed E-state index contributed by atoms with van der Waals surface area (Å²) in [7, 11) is 0. The van der Waals surface area contributed by atoms with Crippen molar-refractivity contribution in [3.05, 3.63) is 97.8 Å². The van der Waals surface area contributed by atoms with Crippen LogP contribution in [0.2, 0.25) is 0 Å². The zero-order valence-electron chi connectivity index (χ0n) is 21.2. The molecular weight excluding hydrogens is 569 g/mol. The summed E-state index contributed by atoms with van der Waals surface area (Å²) < 4.78 is 26.7. The van der Waals surface area contributed by atoms with Crippen molar-refractivity contribution in [2.45, 2.75) is 49.9 Å². The van der Waals surface area contributed by atoms with E-state index in [9.17, 15) is 19.3 Å². The molecule has 10 heteroatoms. The Morgan fingerprint density at radius 3 is 2.72 bits per heavy atom. The number of nitrogens with zero attached hydrogens (tertiary/aromatic N) is 2. The first kappa shape index (κ1) is 25.8. The summed E-state index contributed by atoms with van der Waals surface area (Å²) in [5, 5.41) is 15.8. The normalized spacial score (nSPS) is 25.4. The lowest BCUT2D eigenvalue weighted by Crippen LogP contribution is -2.55. The van der Waals surface area contributed by atoms with Gasteiger partial charge in [0.15, 0.2) is 17.0 Å². The average Bonchev–Trinajstić information content (AvgIpc) is 3.57. The SMILES string of the molecule is CCOc1cc([C@@H]2[C@@H]3CCCN3[C@]3(C(=O)Nc4ccccc43)[C@@H]2[N+](=O)[O-])cc(Br)c1OCc1ccccc1F. The highest BCUT2D eigenvalue weighted by molar-refractivity contribution is 9.10. The monoisotopic (exact) mass is 595 g/mol. The Bertz CT molecular complexity index is 1470. The molecule has 3 aliphatic heterocycles. The topological polar surface area (TPSA) is 93.9 Å². The van der Waals surface area contributed by atoms with Gasteiger partial charge in [-0.25, -0.2) is 4.39 Å². The van der Waals surface area contributed by atoms with Crippen molar-refractivity contribution in [1.82, 2.24) is 4.90 Å². The van der Waals surface area contributed by atoms with E-state index in [1.54, 1.807) is 30.3 Å². The minimum atomic E-state index is -1.40. The molecule has 3 aromatic rings. The standard InChI is InChI=1S/C29H27BrFN3O5/c1-2-38-24-15-18(14-20(30)26(24)39-16-17-8-3-5-10-21(17)31)25-23-12-7-13-33(23)29(27(25)34(36)37)19-9-4-6-11-22(19)32-28(29)35/h3-6,8-11,14-15,23,25,27H,2,7,12-13,16H2,1H3,(H,32,35)/t23-,25+,27+,29-/m0/s1. The molecule has 0 saturated carbocycles. The highest BCUT2D eigenvalue weighted by Gasteiger charge is 2.73. The number of fused-ring (bicyclic) bond motifs is 4. The molecule has 8 nitrogen and oxygen atoms in total. The Kier molecular flexibility index (Phi) is 6.55. The van der Waals surface area contributed by atoms with Crippen LogP contribution in [0.1, 0.15) is 42.4 Å². The number of amides is 1. The van der Waals surface area contributed by atoms with E-state index < -0.39 is 17.5 Å². The molecule has 0 radical (unpaired) electrons. The van der Waals surface area contributed by atoms with Crippen molar-refractivity contribution in [1.29, 1.82) is 0 Å². The molecule has 1 spiro atoms. The van der Waals surface area contributed by atoms with Gasteiger partial charge in [-0.1, -0.05) is 36.4 Å². The van der Waals surface area contributed by atoms with E-state index in [2.05, 4.69) is 21.2 Å². The zero-order valence-corrected chi connectivity index (χ0v) is 22.8. The Morgan fingerprint density at radius 1 is 1.18 bits per heavy atom. The maximum atomic E-state index is 14.2. The molecule has 1 N–H and O–H groups in total. The third-order valence-electron chi connectivity index (χ3n) is 8.14. The van der Waals surface area contributed by atoms with Gasteiger partial charge in [0, 0.05) is 34.3 Å². The van der Waals surface area contributed by atoms with Crippen molar-refractivity contribution in [3.8, 4) is 11.5 Å². The number of halogens is 2. The number of nitrogens with one attached hydrogen (secondary N) is 1. The first-order valence-corrected chi connectivity index (χ1v) is 13.8. The third-order valence-corrected chi connectivity index (χ3v) is 8.73. The molecule has 2 fully saturated rings. The number of nitro groups is 1. The minimum absolute atomic E-state index is 0.0118. The van der Waals surface area contributed by atoms with Crippen LogP contribution in [0.25, 0.3) is 0 Å². The van der Waals surface area contributed by atoms with Gasteiger partial charge in [0.1, 0.15) is 12.4 Å². The van der Waals surface area contributed by atoms with Crippen LogP contribution in [0.15, 0.2) is 65.1 Å². The van der Waals surface area contributed by atoms with Gasteiger partial charge in [-0.05, 0) is 65.5 Å². The number of hydrogen-bond acceptors (Lipinski definition) is 6. The Labute approximate surface area is 233 Å². The number of carbonyl (C=O) groups is 1. The van der Waals surface area contributed by atoms with Crippen molar-refractivity contribution in [3.63, 3.8) is 0 Å². The predicted octanol–water partition coefficient (Wildman–Crippen LogP) is 5.62. The fourth-order valence-electron chi connectivity index (χ4n) is 6.72. The molecule has 3 aromatic carbocycles. The van der Waals surface area contributed by atoms with E-state index in [0.29, 0.717) is 51.5 Å². The van der Waals surface area contributed by atoms with Gasteiger partial charge < -0.3 is 14.8 Å². The van der Waals surface area contributed by atoms with Gasteiger partial charge in [0.05, 0.1) is 17.0 Å². The summed E-state index contributed by atoms with van der Waals surface area (Å²) in [6, 6.07) is 15.8. The van der Waals surface area contributed by atoms with Crippen LogP contribution in [0, 0.1) is 15.9 Å². The van der Waals surface area contributed by atoms with Gasteiger partial charge in [-0.2, -0.15) is 0 Å². The lowest BCUT2D eigenvalue weighted by molar-refractivity contribution is -0.534. The summed E-state index contributed by atoms with van der Waals surface area (Å²) in [5.41, 5.74) is 0.962. The maximum absolute atomic E-state index is 14.2. The number of para-hydroxylation sites is 1. The first-order valence-electron chi connectivity index (χ1n) is 13.0. The highest BCUT2D eigenvalue weighted by Crippen LogP contribution is 2.58. The van der Waals surface area contributed by atoms with Gasteiger partial charge in [-0.3, -0.25) is 19.8 Å². The van der Waals surface area contributed by atoms with E-state index in [-0.39, 0.29) is 29.3 Å². The molecular formula is C29H27BrFN3O5. The van der Waals surface area contributed by atoms with Crippen molar-refractivity contribution in [2.75, 3.05) is 18.5 Å². The quantitative estimate of drug-likeness (QED) is 0.281. The molecule has 1 amide bonds. The largest absolute Gasteiger partial charge is 0.490 e. The summed E-state index contributed by atoms with van der Waals surface area (Å²) in [5.74, 6) is -0.502. The minimum Gasteiger partial charge on any atom is -0.490 e. The molecule has 0 aliphatic carbocycles. The fraction of sp³-hybridized carbons (Fsp3) is 0.345. The fourth-order valence-corrected chi connectivity index (χ4v) is 7.30. The third kappa shape index (κ3) is 3.91. The lowest BCUT2D eigenvalue weighted by atomic mass is 9.77. The second-order valence-corrected chi connectivity index (χ2v) is 10.9. The van der Waals surface area contributed by atoms with E-state index in [0.717, 1.165) is 12.8 Å². The smallest absolute Gasteiger partial charge is 0.256 e. The van der Waals surface area contributed by atoms with Crippen molar-refractivity contribution >= 4 is 27.5 Å². The van der Waals surface area contributed by atoms with E-state index in [1.807, 2.05) is 36.1 Å². The van der Waals surface area contributed by atoms with Gasteiger partial charge in [0.25, 0.3) is 11.9 Å². The molecule has 3 aliphatic rings. The molecule has 2 saturated heterocycles. The second-order valence-electron chi connectivity index (χ2n) is 10.1. The number of carbonyl (C=O) groups excluding carboxylic acids is 1. The van der Waals surface area contributed by atoms with Crippen molar-refractivity contribution in [2.24, 2.45) is 0 Å². The summed E-state index contributed by atoms with van der Waals surface area (Å²) >= 11 is 3.59. The second kappa shape index (κ2) is 9.91. The Morgan fingerprint density at radius 2 is 1.95 bits per heavy atom. The summed E-state index contributed by atoms with van der Waals surface area (Å²) in [4.78, 5) is 28.3. The number of ether oxygens (including phenoxy) is 2. The van der Waals surface area contributed by atoms with Crippen LogP contribution in [0.3, 0.4) is 0 Å². The maximum Gasteiger partial charge on any atom is 0.256 e. The predicted molar refractivity (Wildman–Crippen MR) is 146 cm³/mol. The Hall–Kier alpha value is -3.50. The van der Waals surface area contributed by atoms with Gasteiger partial charge in [0.2, 0.25) is 0 Å². The molecule has 6 rings (SSSR count). The van der Waals surface area contributed by atoms with E-state index in [4.69, 9.17) is 9.47 Å². The van der Waals surface area contributed by atoms with Crippen LogP contribution in [0.4, 0.5) is 10.1 Å². The van der Waals surface area contributed by atoms with Gasteiger partial charge >= 0.3 is 0 Å². The highest BCUT2D eigenvalue weighted by atomic mass is 79.9. The first-order chi connectivity index (χ1) is 18.9. The van der Waals surface area contributed by atoms with Crippen LogP contribution >= 0.6 is 15.9 Å². The van der Waals surface area contributed by atoms with E-state index in [1.165, 1.54) is 6.07 Å². The molecule has 39 heavy (non-hydrogen) atoms. The molecule has 0 unspecified atom stereocenters. The summed E-state index contributed by atoms with van der Waals surface area (Å²) in [6.45, 7) is 2.76. The summed E-state index contributed by atoms with van der Waals surface area (Å²) in [6.07, 6.45) is 1.57. The lowest BCUT2D eigenvalue weighted by Gasteiger charge is -2.32. The number of benzene rings is 3. The van der Waals surface area contributed by atoms with Crippen molar-refractivity contribution < 1.29 is 23.6 Å².